The van der Waals surface area contributed by atoms with Crippen molar-refractivity contribution in [3.63, 3.8) is 0 Å². The van der Waals surface area contributed by atoms with Crippen molar-refractivity contribution in [1.82, 2.24) is 0 Å². The summed E-state index contributed by atoms with van der Waals surface area (Å²) in [6.07, 6.45) is 6.11. The minimum atomic E-state index is -1.82. The summed E-state index contributed by atoms with van der Waals surface area (Å²) in [6, 6.07) is 0. The van der Waals surface area contributed by atoms with Gasteiger partial charge in [-0.1, -0.05) is 37.3 Å². The highest BCUT2D eigenvalue weighted by Crippen LogP contribution is 2.56. The van der Waals surface area contributed by atoms with Gasteiger partial charge in [0.25, 0.3) is 0 Å². The van der Waals surface area contributed by atoms with Crippen LogP contribution in [0.4, 0.5) is 0 Å². The molecule has 0 aromatic rings. The fraction of sp³-hybridized carbons (Fsp3) is 0.417. The average Bonchev–Trinajstić information content (AvgIpc) is 2.60. The third-order valence-corrected chi connectivity index (χ3v) is 7.51. The van der Waals surface area contributed by atoms with E-state index in [1.165, 1.54) is 4.86 Å². The molecule has 0 aromatic carbocycles. The van der Waals surface area contributed by atoms with E-state index in [1.54, 1.807) is 18.2 Å². The van der Waals surface area contributed by atoms with E-state index in [1.807, 2.05) is 5.41 Å². The maximum absolute atomic E-state index is 12.4. The standard InChI is InChI=1S/C12H15ClOS/c1-4-10(13)6-5-7-15(14)11-8-9(2)12(11,15)3/h4-7,9H,1,8H2,2-3H3/b7-5+,10-6+. The summed E-state index contributed by atoms with van der Waals surface area (Å²) in [5.41, 5.74) is 0. The van der Waals surface area contributed by atoms with E-state index >= 15 is 0 Å². The quantitative estimate of drug-likeness (QED) is 0.549. The van der Waals surface area contributed by atoms with Crippen LogP contribution < -0.4 is 0 Å². The van der Waals surface area contributed by atoms with Crippen molar-refractivity contribution < 1.29 is 4.21 Å². The highest BCUT2D eigenvalue weighted by atomic mass is 35.5. The van der Waals surface area contributed by atoms with Crippen molar-refractivity contribution >= 4 is 26.0 Å². The molecule has 1 saturated carbocycles. The van der Waals surface area contributed by atoms with E-state index < -0.39 is 9.52 Å². The molecule has 1 aliphatic heterocycles. The third-order valence-electron chi connectivity index (χ3n) is 3.66. The van der Waals surface area contributed by atoms with Crippen LogP contribution in [0.25, 0.3) is 0 Å². The van der Waals surface area contributed by atoms with Crippen LogP contribution in [0.1, 0.15) is 20.3 Å². The van der Waals surface area contributed by atoms with Crippen LogP contribution in [0.3, 0.4) is 0 Å². The average molecular weight is 243 g/mol. The molecule has 2 rings (SSSR count). The SMILES string of the molecule is C=C/C(Cl)=C\C=C\S1(=O)=C2CC(C)C21C. The second kappa shape index (κ2) is 3.26. The van der Waals surface area contributed by atoms with Gasteiger partial charge in [-0.3, -0.25) is 4.21 Å². The maximum Gasteiger partial charge on any atom is 0.0715 e. The molecule has 0 N–H and O–H groups in total. The lowest BCUT2D eigenvalue weighted by molar-refractivity contribution is 0.483. The maximum atomic E-state index is 12.4. The van der Waals surface area contributed by atoms with Gasteiger partial charge in [0.05, 0.1) is 4.75 Å². The van der Waals surface area contributed by atoms with Crippen LogP contribution in [0, 0.1) is 5.92 Å². The molecule has 82 valence electrons. The molecular weight excluding hydrogens is 228 g/mol. The van der Waals surface area contributed by atoms with Gasteiger partial charge in [-0.15, -0.1) is 0 Å². The first-order valence-electron chi connectivity index (χ1n) is 5.03. The molecule has 1 fully saturated rings. The van der Waals surface area contributed by atoms with E-state index in [4.69, 9.17) is 11.6 Å². The van der Waals surface area contributed by atoms with Crippen LogP contribution in [0.2, 0.25) is 0 Å². The Labute approximate surface area is 96.5 Å². The smallest absolute Gasteiger partial charge is 0.0715 e. The number of halogens is 1. The first-order valence-corrected chi connectivity index (χ1v) is 7.03. The lowest BCUT2D eigenvalue weighted by atomic mass is 9.76. The van der Waals surface area contributed by atoms with Crippen LogP contribution in [0.15, 0.2) is 35.2 Å². The summed E-state index contributed by atoms with van der Waals surface area (Å²) in [4.78, 5) is 1.24. The summed E-state index contributed by atoms with van der Waals surface area (Å²) in [5.74, 6) is 0.559. The van der Waals surface area contributed by atoms with Crippen molar-refractivity contribution in [2.45, 2.75) is 25.0 Å². The molecule has 1 aliphatic carbocycles. The Kier molecular flexibility index (Phi) is 2.40. The van der Waals surface area contributed by atoms with Crippen molar-refractivity contribution in [1.29, 1.82) is 0 Å². The van der Waals surface area contributed by atoms with E-state index in [2.05, 4.69) is 20.4 Å². The van der Waals surface area contributed by atoms with Gasteiger partial charge >= 0.3 is 0 Å². The Balaban J connectivity index is 2.17. The molecule has 3 atom stereocenters. The van der Waals surface area contributed by atoms with Crippen LogP contribution >= 0.6 is 11.6 Å². The van der Waals surface area contributed by atoms with Gasteiger partial charge in [-0.2, -0.15) is 0 Å². The Morgan fingerprint density at radius 1 is 1.73 bits per heavy atom. The Hall–Kier alpha value is -0.470. The highest BCUT2D eigenvalue weighted by Gasteiger charge is 2.66. The fourth-order valence-electron chi connectivity index (χ4n) is 2.28. The summed E-state index contributed by atoms with van der Waals surface area (Å²) >= 11 is 5.76. The molecule has 2 aliphatic rings. The summed E-state index contributed by atoms with van der Waals surface area (Å²) in [7, 11) is -1.82. The Morgan fingerprint density at radius 2 is 2.40 bits per heavy atom. The molecule has 0 amide bonds. The van der Waals surface area contributed by atoms with Crippen LogP contribution in [0.5, 0.6) is 0 Å². The van der Waals surface area contributed by atoms with E-state index in [0.717, 1.165) is 6.42 Å². The minimum Gasteiger partial charge on any atom is -0.262 e. The zero-order valence-corrected chi connectivity index (χ0v) is 10.6. The molecule has 0 saturated heterocycles. The van der Waals surface area contributed by atoms with E-state index in [-0.39, 0.29) is 4.75 Å². The predicted octanol–water partition coefficient (Wildman–Crippen LogP) is 3.08. The van der Waals surface area contributed by atoms with Crippen LogP contribution in [-0.2, 0) is 9.52 Å². The van der Waals surface area contributed by atoms with E-state index in [9.17, 15) is 4.21 Å². The monoisotopic (exact) mass is 242 g/mol. The molecule has 0 spiro atoms. The number of hydrogen-bond acceptors (Lipinski definition) is 1. The van der Waals surface area contributed by atoms with Gasteiger partial charge in [0.2, 0.25) is 0 Å². The third kappa shape index (κ3) is 1.28. The molecule has 0 bridgehead atoms. The van der Waals surface area contributed by atoms with Gasteiger partial charge in [0.1, 0.15) is 0 Å². The Morgan fingerprint density at radius 3 is 2.80 bits per heavy atom. The molecule has 15 heavy (non-hydrogen) atoms. The molecule has 0 radical (unpaired) electrons. The molecule has 1 nitrogen and oxygen atoms in total. The van der Waals surface area contributed by atoms with Gasteiger partial charge in [0, 0.05) is 19.4 Å². The van der Waals surface area contributed by atoms with Crippen molar-refractivity contribution in [3.05, 3.63) is 35.2 Å². The Bertz CT molecular complexity index is 492. The molecule has 0 aromatic heterocycles. The molecule has 3 unspecified atom stereocenters. The number of rotatable bonds is 3. The second-order valence-electron chi connectivity index (χ2n) is 4.32. The highest BCUT2D eigenvalue weighted by molar-refractivity contribution is 8.15. The zero-order chi connectivity index (χ0) is 11.3. The van der Waals surface area contributed by atoms with Gasteiger partial charge in [-0.05, 0) is 30.7 Å². The number of hydrogen-bond donors (Lipinski definition) is 0. The molecular formula is C12H15ClOS. The van der Waals surface area contributed by atoms with Gasteiger partial charge < -0.3 is 0 Å². The zero-order valence-electron chi connectivity index (χ0n) is 9.00. The lowest BCUT2D eigenvalue weighted by Crippen LogP contribution is -2.37. The minimum absolute atomic E-state index is 0.00199. The topological polar surface area (TPSA) is 17.1 Å². The second-order valence-corrected chi connectivity index (χ2v) is 7.57. The van der Waals surface area contributed by atoms with Crippen molar-refractivity contribution in [2.24, 2.45) is 5.92 Å². The normalized spacial score (nSPS) is 43.8. The summed E-state index contributed by atoms with van der Waals surface area (Å²) in [5, 5.41) is 2.39. The van der Waals surface area contributed by atoms with Crippen molar-refractivity contribution in [3.8, 4) is 0 Å². The largest absolute Gasteiger partial charge is 0.262 e. The number of allylic oxidation sites excluding steroid dienone is 4. The lowest BCUT2D eigenvalue weighted by Gasteiger charge is -2.28. The van der Waals surface area contributed by atoms with Crippen LogP contribution in [-0.4, -0.2) is 13.8 Å². The summed E-state index contributed by atoms with van der Waals surface area (Å²) in [6.45, 7) is 7.81. The first kappa shape index (κ1) is 11.0. The van der Waals surface area contributed by atoms with Gasteiger partial charge in [-0.25, -0.2) is 0 Å². The van der Waals surface area contributed by atoms with E-state index in [0.29, 0.717) is 11.0 Å². The van der Waals surface area contributed by atoms with Gasteiger partial charge in [0.15, 0.2) is 0 Å². The molecule has 3 heteroatoms. The first-order chi connectivity index (χ1) is 6.96. The molecule has 1 heterocycles. The predicted molar refractivity (Wildman–Crippen MR) is 68.6 cm³/mol. The number of fused-ring (bicyclic) bond motifs is 1. The summed E-state index contributed by atoms with van der Waals surface area (Å²) < 4.78 is 12.4. The van der Waals surface area contributed by atoms with Crippen molar-refractivity contribution in [2.75, 3.05) is 0 Å². The fourth-order valence-corrected chi connectivity index (χ4v) is 5.81.